The Kier molecular flexibility index (Phi) is 1.35. The molecule has 0 saturated carbocycles. The Labute approximate surface area is 96.3 Å². The van der Waals surface area contributed by atoms with Crippen molar-refractivity contribution >= 4 is 34.9 Å². The maximum absolute atomic E-state index is 11.7. The van der Waals surface area contributed by atoms with Crippen molar-refractivity contribution < 1.29 is 14.3 Å². The maximum Gasteiger partial charge on any atom is 0.347 e. The Morgan fingerprint density at radius 1 is 0.941 bits per heavy atom. The molecule has 2 aliphatic rings. The molecule has 0 amide bonds. The number of rotatable bonds is 0. The van der Waals surface area contributed by atoms with Crippen molar-refractivity contribution in [2.75, 3.05) is 0 Å². The van der Waals surface area contributed by atoms with Crippen molar-refractivity contribution in [2.45, 2.75) is 0 Å². The van der Waals surface area contributed by atoms with Crippen LogP contribution in [0.15, 0.2) is 24.3 Å². The normalized spacial score (nSPS) is 15.5. The Hall–Kier alpha value is -2.42. The average Bonchev–Trinajstić information content (AvgIpc) is 2.85. The molecule has 2 aromatic carbocycles. The molecule has 0 fully saturated rings. The molecule has 1 aliphatic heterocycles. The molecule has 0 atom stereocenters. The molecule has 3 nitrogen and oxygen atoms in total. The highest BCUT2D eigenvalue weighted by Gasteiger charge is 2.33. The van der Waals surface area contributed by atoms with Crippen LogP contribution < -0.4 is 0 Å². The lowest BCUT2D eigenvalue weighted by Crippen LogP contribution is -1.97. The van der Waals surface area contributed by atoms with Gasteiger partial charge in [0.2, 0.25) is 0 Å². The molecule has 80 valence electrons. The van der Waals surface area contributed by atoms with Crippen LogP contribution in [0.3, 0.4) is 0 Å². The zero-order chi connectivity index (χ0) is 11.6. The summed E-state index contributed by atoms with van der Waals surface area (Å²) < 4.78 is 4.66. The average molecular weight is 222 g/mol. The predicted molar refractivity (Wildman–Crippen MR) is 62.6 cm³/mol. The summed E-state index contributed by atoms with van der Waals surface area (Å²) in [5.41, 5.74) is 2.83. The third-order valence-electron chi connectivity index (χ3n) is 3.28. The fourth-order valence-electron chi connectivity index (χ4n) is 2.57. The van der Waals surface area contributed by atoms with Crippen LogP contribution in [0.2, 0.25) is 0 Å². The van der Waals surface area contributed by atoms with Gasteiger partial charge in [0.25, 0.3) is 0 Å². The Balaban J connectivity index is 2.29. The van der Waals surface area contributed by atoms with Gasteiger partial charge in [-0.3, -0.25) is 0 Å². The molecule has 1 aliphatic carbocycles. The molecule has 0 N–H and O–H groups in total. The van der Waals surface area contributed by atoms with Gasteiger partial charge < -0.3 is 4.74 Å². The first-order valence-electron chi connectivity index (χ1n) is 5.30. The largest absolute Gasteiger partial charge is 0.386 e. The van der Waals surface area contributed by atoms with E-state index in [0.29, 0.717) is 11.1 Å². The summed E-state index contributed by atoms with van der Waals surface area (Å²) in [7, 11) is 0. The van der Waals surface area contributed by atoms with E-state index in [4.69, 9.17) is 0 Å². The van der Waals surface area contributed by atoms with Gasteiger partial charge in [0.1, 0.15) is 0 Å². The summed E-state index contributed by atoms with van der Waals surface area (Å²) in [4.78, 5) is 23.2. The van der Waals surface area contributed by atoms with Crippen molar-refractivity contribution in [2.24, 2.45) is 0 Å². The Bertz CT molecular complexity index is 754. The summed E-state index contributed by atoms with van der Waals surface area (Å²) in [6, 6.07) is 7.46. The van der Waals surface area contributed by atoms with Gasteiger partial charge in [-0.05, 0) is 28.0 Å². The van der Waals surface area contributed by atoms with Gasteiger partial charge in [0, 0.05) is 0 Å². The van der Waals surface area contributed by atoms with E-state index in [2.05, 4.69) is 4.74 Å². The van der Waals surface area contributed by atoms with Crippen LogP contribution in [0, 0.1) is 0 Å². The van der Waals surface area contributed by atoms with Gasteiger partial charge in [-0.1, -0.05) is 30.4 Å². The summed E-state index contributed by atoms with van der Waals surface area (Å²) >= 11 is 0. The molecule has 1 heterocycles. The predicted octanol–water partition coefficient (Wildman–Crippen LogP) is 2.63. The molecule has 0 saturated heterocycles. The number of fused-ring (bicyclic) bond motifs is 2. The van der Waals surface area contributed by atoms with Crippen LogP contribution in [0.1, 0.15) is 31.8 Å². The lowest BCUT2D eigenvalue weighted by Gasteiger charge is -2.04. The lowest BCUT2D eigenvalue weighted by atomic mass is 9.96. The highest BCUT2D eigenvalue weighted by Crippen LogP contribution is 2.37. The van der Waals surface area contributed by atoms with Crippen LogP contribution in [0.25, 0.3) is 22.9 Å². The van der Waals surface area contributed by atoms with E-state index in [1.54, 1.807) is 6.07 Å². The van der Waals surface area contributed by atoms with E-state index in [1.807, 2.05) is 30.4 Å². The molecular formula is C14H6O3. The monoisotopic (exact) mass is 222 g/mol. The second kappa shape index (κ2) is 2.63. The molecule has 0 unspecified atom stereocenters. The first-order valence-corrected chi connectivity index (χ1v) is 5.30. The van der Waals surface area contributed by atoms with Crippen LogP contribution in [0.4, 0.5) is 0 Å². The minimum atomic E-state index is -0.547. The molecular weight excluding hydrogens is 216 g/mol. The van der Waals surface area contributed by atoms with Gasteiger partial charge in [0.15, 0.2) is 0 Å². The summed E-state index contributed by atoms with van der Waals surface area (Å²) in [5.74, 6) is -1.09. The molecule has 0 bridgehead atoms. The number of cyclic esters (lactones) is 2. The number of hydrogen-bond donors (Lipinski definition) is 0. The van der Waals surface area contributed by atoms with Crippen LogP contribution >= 0.6 is 0 Å². The molecule has 17 heavy (non-hydrogen) atoms. The van der Waals surface area contributed by atoms with Crippen molar-refractivity contribution in [3.8, 4) is 0 Å². The Morgan fingerprint density at radius 2 is 1.76 bits per heavy atom. The minimum Gasteiger partial charge on any atom is -0.386 e. The van der Waals surface area contributed by atoms with E-state index in [1.165, 1.54) is 0 Å². The number of carbonyl (C=O) groups is 2. The van der Waals surface area contributed by atoms with E-state index in [9.17, 15) is 9.59 Å². The van der Waals surface area contributed by atoms with E-state index in [-0.39, 0.29) is 0 Å². The third kappa shape index (κ3) is 0.916. The SMILES string of the molecule is O=C1OC(=O)c2c1cc1c3c(cccc23)C=C1. The molecule has 0 aromatic heterocycles. The zero-order valence-electron chi connectivity index (χ0n) is 8.69. The van der Waals surface area contributed by atoms with Crippen LogP contribution in [0.5, 0.6) is 0 Å². The van der Waals surface area contributed by atoms with Crippen LogP contribution in [-0.4, -0.2) is 11.9 Å². The third-order valence-corrected chi connectivity index (χ3v) is 3.28. The van der Waals surface area contributed by atoms with E-state index < -0.39 is 11.9 Å². The van der Waals surface area contributed by atoms with Crippen LogP contribution in [-0.2, 0) is 4.74 Å². The number of carbonyl (C=O) groups excluding carboxylic acids is 2. The van der Waals surface area contributed by atoms with Gasteiger partial charge in [0.05, 0.1) is 11.1 Å². The fraction of sp³-hybridized carbons (Fsp3) is 0. The summed E-state index contributed by atoms with van der Waals surface area (Å²) in [6.07, 6.45) is 3.94. The lowest BCUT2D eigenvalue weighted by molar-refractivity contribution is 0.0444. The minimum absolute atomic E-state index is 0.376. The highest BCUT2D eigenvalue weighted by molar-refractivity contribution is 6.24. The van der Waals surface area contributed by atoms with Gasteiger partial charge in [-0.25, -0.2) is 9.59 Å². The smallest absolute Gasteiger partial charge is 0.347 e. The van der Waals surface area contributed by atoms with Crippen molar-refractivity contribution in [1.82, 2.24) is 0 Å². The van der Waals surface area contributed by atoms with Crippen molar-refractivity contribution in [3.63, 3.8) is 0 Å². The van der Waals surface area contributed by atoms with Crippen molar-refractivity contribution in [1.29, 1.82) is 0 Å². The molecule has 2 aromatic rings. The molecule has 3 heteroatoms. The van der Waals surface area contributed by atoms with Gasteiger partial charge in [-0.2, -0.15) is 0 Å². The standard InChI is InChI=1S/C14H6O3/c15-13-10-6-8-5-4-7-2-1-3-9(11(7)8)12(10)14(16)17-13/h1-6H. The maximum atomic E-state index is 11.7. The second-order valence-electron chi connectivity index (χ2n) is 4.17. The molecule has 0 radical (unpaired) electrons. The topological polar surface area (TPSA) is 43.4 Å². The summed E-state index contributed by atoms with van der Waals surface area (Å²) in [6.45, 7) is 0. The number of ether oxygens (including phenoxy) is 1. The van der Waals surface area contributed by atoms with E-state index >= 15 is 0 Å². The van der Waals surface area contributed by atoms with Crippen molar-refractivity contribution in [3.05, 3.63) is 46.5 Å². The number of benzene rings is 2. The quantitative estimate of drug-likeness (QED) is 0.433. The molecule has 4 rings (SSSR count). The van der Waals surface area contributed by atoms with E-state index in [0.717, 1.165) is 21.9 Å². The van der Waals surface area contributed by atoms with Gasteiger partial charge >= 0.3 is 11.9 Å². The summed E-state index contributed by atoms with van der Waals surface area (Å²) in [5, 5.41) is 1.83. The fourth-order valence-corrected chi connectivity index (χ4v) is 2.57. The highest BCUT2D eigenvalue weighted by atomic mass is 16.6. The Morgan fingerprint density at radius 3 is 2.65 bits per heavy atom. The first-order chi connectivity index (χ1) is 8.25. The molecule has 0 spiro atoms. The number of esters is 2. The second-order valence-corrected chi connectivity index (χ2v) is 4.17. The first kappa shape index (κ1) is 8.70. The number of hydrogen-bond acceptors (Lipinski definition) is 3. The van der Waals surface area contributed by atoms with Gasteiger partial charge in [-0.15, -0.1) is 0 Å². The zero-order valence-corrected chi connectivity index (χ0v) is 8.69.